The number of carbonyl (C=O) groups excluding carboxylic acids is 1. The van der Waals surface area contributed by atoms with E-state index in [1.807, 2.05) is 32.2 Å². The minimum Gasteiger partial charge on any atom is -0.463 e. The molecule has 0 fully saturated rings. The van der Waals surface area contributed by atoms with E-state index in [0.29, 0.717) is 22.0 Å². The van der Waals surface area contributed by atoms with Gasteiger partial charge in [-0.1, -0.05) is 17.7 Å². The molecule has 20 heavy (non-hydrogen) atoms. The summed E-state index contributed by atoms with van der Waals surface area (Å²) in [6.45, 7) is 1.87. The summed E-state index contributed by atoms with van der Waals surface area (Å²) >= 11 is 6.05. The first kappa shape index (κ1) is 12.8. The number of furan rings is 1. The number of benzene rings is 1. The van der Waals surface area contributed by atoms with Gasteiger partial charge in [0.1, 0.15) is 5.69 Å². The third-order valence-corrected chi connectivity index (χ3v) is 3.82. The van der Waals surface area contributed by atoms with Gasteiger partial charge < -0.3 is 14.3 Å². The summed E-state index contributed by atoms with van der Waals surface area (Å²) in [5.41, 5.74) is 3.68. The van der Waals surface area contributed by atoms with Crippen LogP contribution in [0.1, 0.15) is 16.1 Å². The Labute approximate surface area is 120 Å². The number of fused-ring (bicyclic) bond motifs is 1. The Morgan fingerprint density at radius 2 is 2.15 bits per heavy atom. The quantitative estimate of drug-likeness (QED) is 0.775. The summed E-state index contributed by atoms with van der Waals surface area (Å²) in [5, 5.41) is 3.50. The number of amides is 1. The molecule has 1 N–H and O–H groups in total. The summed E-state index contributed by atoms with van der Waals surface area (Å²) in [4.78, 5) is 12.3. The number of aromatic nitrogens is 1. The molecule has 102 valence electrons. The monoisotopic (exact) mass is 288 g/mol. The number of halogens is 1. The summed E-state index contributed by atoms with van der Waals surface area (Å²) in [6.07, 6.45) is 1.60. The summed E-state index contributed by atoms with van der Waals surface area (Å²) in [5.74, 6) is -0.190. The van der Waals surface area contributed by atoms with Gasteiger partial charge in [-0.25, -0.2) is 0 Å². The number of hydrogen-bond acceptors (Lipinski definition) is 2. The lowest BCUT2D eigenvalue weighted by Gasteiger charge is -2.10. The molecule has 0 bridgehead atoms. The van der Waals surface area contributed by atoms with Crippen molar-refractivity contribution >= 4 is 34.3 Å². The number of nitrogens with one attached hydrogen (secondary N) is 1. The Morgan fingerprint density at radius 3 is 2.90 bits per heavy atom. The molecule has 0 aliphatic heterocycles. The van der Waals surface area contributed by atoms with Crippen LogP contribution >= 0.6 is 11.6 Å². The van der Waals surface area contributed by atoms with Crippen molar-refractivity contribution in [3.8, 4) is 0 Å². The lowest BCUT2D eigenvalue weighted by molar-refractivity contribution is 0.101. The second kappa shape index (κ2) is 4.72. The molecular formula is C15H13ClN2O2. The highest BCUT2D eigenvalue weighted by molar-refractivity contribution is 6.31. The first-order valence-electron chi connectivity index (χ1n) is 6.17. The number of aryl methyl sites for hydroxylation is 1. The van der Waals surface area contributed by atoms with Gasteiger partial charge in [-0.3, -0.25) is 4.79 Å². The standard InChI is InChI=1S/C15H13ClN2O2/c1-9-10(16)4-3-5-11(9)17-15(19)13-8-14-12(18(13)2)6-7-20-14/h3-8H,1-2H3,(H,17,19). The average Bonchev–Trinajstić information content (AvgIpc) is 2.98. The van der Waals surface area contributed by atoms with Gasteiger partial charge in [-0.05, 0) is 24.6 Å². The zero-order chi connectivity index (χ0) is 14.3. The van der Waals surface area contributed by atoms with Crippen LogP contribution in [0.4, 0.5) is 5.69 Å². The fourth-order valence-corrected chi connectivity index (χ4v) is 2.37. The predicted octanol–water partition coefficient (Wildman–Crippen LogP) is 3.99. The van der Waals surface area contributed by atoms with Crippen LogP contribution in [0.15, 0.2) is 41.0 Å². The SMILES string of the molecule is Cc1c(Cl)cccc1NC(=O)c1cc2occc2n1C. The highest BCUT2D eigenvalue weighted by atomic mass is 35.5. The van der Waals surface area contributed by atoms with Crippen LogP contribution in [-0.4, -0.2) is 10.5 Å². The van der Waals surface area contributed by atoms with E-state index in [4.69, 9.17) is 16.0 Å². The van der Waals surface area contributed by atoms with Crippen molar-refractivity contribution in [3.63, 3.8) is 0 Å². The van der Waals surface area contributed by atoms with Crippen molar-refractivity contribution < 1.29 is 9.21 Å². The van der Waals surface area contributed by atoms with E-state index in [1.54, 1.807) is 23.0 Å². The van der Waals surface area contributed by atoms with E-state index in [0.717, 1.165) is 11.1 Å². The lowest BCUT2D eigenvalue weighted by Crippen LogP contribution is -2.16. The molecule has 5 heteroatoms. The van der Waals surface area contributed by atoms with Crippen LogP contribution in [0.2, 0.25) is 5.02 Å². The molecule has 0 radical (unpaired) electrons. The number of nitrogens with zero attached hydrogens (tertiary/aromatic N) is 1. The zero-order valence-corrected chi connectivity index (χ0v) is 11.9. The Morgan fingerprint density at radius 1 is 1.35 bits per heavy atom. The van der Waals surface area contributed by atoms with Crippen LogP contribution < -0.4 is 5.32 Å². The summed E-state index contributed by atoms with van der Waals surface area (Å²) in [7, 11) is 1.83. The first-order chi connectivity index (χ1) is 9.58. The molecule has 0 unspecified atom stereocenters. The summed E-state index contributed by atoms with van der Waals surface area (Å²) in [6, 6.07) is 8.98. The first-order valence-corrected chi connectivity index (χ1v) is 6.55. The van der Waals surface area contributed by atoms with Gasteiger partial charge in [-0.15, -0.1) is 0 Å². The normalized spacial score (nSPS) is 10.9. The number of carbonyl (C=O) groups is 1. The molecule has 0 aliphatic rings. The molecule has 0 aliphatic carbocycles. The Balaban J connectivity index is 1.95. The third kappa shape index (κ3) is 1.98. The van der Waals surface area contributed by atoms with E-state index in [-0.39, 0.29) is 5.91 Å². The van der Waals surface area contributed by atoms with Crippen LogP contribution in [0, 0.1) is 6.92 Å². The molecule has 4 nitrogen and oxygen atoms in total. The van der Waals surface area contributed by atoms with E-state index in [9.17, 15) is 4.79 Å². The van der Waals surface area contributed by atoms with Gasteiger partial charge in [0.05, 0.1) is 11.8 Å². The lowest BCUT2D eigenvalue weighted by atomic mass is 10.2. The van der Waals surface area contributed by atoms with Gasteiger partial charge >= 0.3 is 0 Å². The van der Waals surface area contributed by atoms with E-state index < -0.39 is 0 Å². The van der Waals surface area contributed by atoms with Gasteiger partial charge in [0.25, 0.3) is 5.91 Å². The molecule has 1 aromatic carbocycles. The molecular weight excluding hydrogens is 276 g/mol. The Bertz CT molecular complexity index is 801. The number of hydrogen-bond donors (Lipinski definition) is 1. The fraction of sp³-hybridized carbons (Fsp3) is 0.133. The van der Waals surface area contributed by atoms with Crippen molar-refractivity contribution in [2.45, 2.75) is 6.92 Å². The minimum absolute atomic E-state index is 0.190. The number of anilines is 1. The Hall–Kier alpha value is -2.20. The number of rotatable bonds is 2. The Kier molecular flexibility index (Phi) is 3.03. The second-order valence-corrected chi connectivity index (χ2v) is 5.03. The van der Waals surface area contributed by atoms with Crippen molar-refractivity contribution in [3.05, 3.63) is 52.9 Å². The molecule has 1 amide bonds. The van der Waals surface area contributed by atoms with Crippen molar-refractivity contribution in [1.82, 2.24) is 4.57 Å². The molecule has 3 rings (SSSR count). The van der Waals surface area contributed by atoms with Gasteiger partial charge in [0, 0.05) is 29.9 Å². The van der Waals surface area contributed by atoms with Crippen LogP contribution in [-0.2, 0) is 7.05 Å². The zero-order valence-electron chi connectivity index (χ0n) is 11.1. The average molecular weight is 289 g/mol. The smallest absolute Gasteiger partial charge is 0.272 e. The third-order valence-electron chi connectivity index (χ3n) is 3.41. The summed E-state index contributed by atoms with van der Waals surface area (Å²) < 4.78 is 7.10. The second-order valence-electron chi connectivity index (χ2n) is 4.63. The van der Waals surface area contributed by atoms with Crippen LogP contribution in [0.3, 0.4) is 0 Å². The molecule has 0 saturated heterocycles. The largest absolute Gasteiger partial charge is 0.463 e. The van der Waals surface area contributed by atoms with E-state index in [1.165, 1.54) is 0 Å². The molecule has 3 aromatic rings. The van der Waals surface area contributed by atoms with Gasteiger partial charge in [-0.2, -0.15) is 0 Å². The maximum atomic E-state index is 12.3. The van der Waals surface area contributed by atoms with Crippen molar-refractivity contribution in [2.24, 2.45) is 7.05 Å². The molecule has 0 saturated carbocycles. The van der Waals surface area contributed by atoms with Gasteiger partial charge in [0.15, 0.2) is 5.58 Å². The molecule has 2 aromatic heterocycles. The minimum atomic E-state index is -0.190. The fourth-order valence-electron chi connectivity index (χ4n) is 2.20. The van der Waals surface area contributed by atoms with Crippen molar-refractivity contribution in [2.75, 3.05) is 5.32 Å². The highest BCUT2D eigenvalue weighted by Gasteiger charge is 2.16. The molecule has 2 heterocycles. The maximum absolute atomic E-state index is 12.3. The van der Waals surface area contributed by atoms with Crippen LogP contribution in [0.25, 0.3) is 11.1 Å². The van der Waals surface area contributed by atoms with Crippen molar-refractivity contribution in [1.29, 1.82) is 0 Å². The maximum Gasteiger partial charge on any atom is 0.272 e. The topological polar surface area (TPSA) is 47.2 Å². The van der Waals surface area contributed by atoms with Gasteiger partial charge in [0.2, 0.25) is 0 Å². The van der Waals surface area contributed by atoms with E-state index in [2.05, 4.69) is 5.32 Å². The molecule has 0 atom stereocenters. The predicted molar refractivity (Wildman–Crippen MR) is 79.3 cm³/mol. The van der Waals surface area contributed by atoms with E-state index >= 15 is 0 Å². The van der Waals surface area contributed by atoms with Crippen LogP contribution in [0.5, 0.6) is 0 Å². The molecule has 0 spiro atoms. The highest BCUT2D eigenvalue weighted by Crippen LogP contribution is 2.25.